The van der Waals surface area contributed by atoms with Gasteiger partial charge in [-0.2, -0.15) is 5.10 Å². The summed E-state index contributed by atoms with van der Waals surface area (Å²) in [6.45, 7) is 7.47. The number of rotatable bonds is 6. The Kier molecular flexibility index (Phi) is 5.51. The summed E-state index contributed by atoms with van der Waals surface area (Å²) in [5.41, 5.74) is 7.43. The van der Waals surface area contributed by atoms with Gasteiger partial charge >= 0.3 is 0 Å². The van der Waals surface area contributed by atoms with E-state index >= 15 is 0 Å². The number of carbonyl (C=O) groups excluding carboxylic acids is 2. The lowest BCUT2D eigenvalue weighted by Gasteiger charge is -2.33. The van der Waals surface area contributed by atoms with E-state index in [1.807, 2.05) is 6.20 Å². The van der Waals surface area contributed by atoms with E-state index in [2.05, 4.69) is 28.8 Å². The molecule has 0 bridgehead atoms. The summed E-state index contributed by atoms with van der Waals surface area (Å²) in [7, 11) is 0. The van der Waals surface area contributed by atoms with Crippen LogP contribution in [-0.2, 0) is 11.3 Å². The second-order valence-electron chi connectivity index (χ2n) is 6.66. The van der Waals surface area contributed by atoms with Crippen LogP contribution >= 0.6 is 0 Å². The van der Waals surface area contributed by atoms with Crippen molar-refractivity contribution < 1.29 is 9.59 Å². The highest BCUT2D eigenvalue weighted by atomic mass is 16.2. The first-order valence-corrected chi connectivity index (χ1v) is 9.20. The smallest absolute Gasteiger partial charge is 0.260 e. The Labute approximate surface area is 153 Å². The van der Waals surface area contributed by atoms with E-state index < -0.39 is 11.9 Å². The molecule has 0 aliphatic carbocycles. The van der Waals surface area contributed by atoms with Gasteiger partial charge in [-0.3, -0.25) is 14.5 Å². The summed E-state index contributed by atoms with van der Waals surface area (Å²) in [4.78, 5) is 33.0. The second-order valence-corrected chi connectivity index (χ2v) is 6.66. The molecule has 26 heavy (non-hydrogen) atoms. The van der Waals surface area contributed by atoms with Gasteiger partial charge < -0.3 is 10.6 Å². The van der Waals surface area contributed by atoms with Gasteiger partial charge in [-0.1, -0.05) is 13.8 Å². The maximum atomic E-state index is 13.0. The molecule has 0 spiro atoms. The standard InChI is InChI=1S/C18H26N6O2/c1-3-22(4-2)11-13-9-20-17-14(10-21-24(17)12-13)18(26)23-8-6-5-7-15(23)16(19)25/h9-10,12,15H,3-8,11H2,1-2H3,(H2,19,25)/t15-/m1/s1. The number of nitrogens with two attached hydrogens (primary N) is 1. The van der Waals surface area contributed by atoms with E-state index in [-0.39, 0.29) is 5.91 Å². The molecule has 3 heterocycles. The molecule has 0 unspecified atom stereocenters. The van der Waals surface area contributed by atoms with Crippen molar-refractivity contribution in [1.82, 2.24) is 24.4 Å². The third kappa shape index (κ3) is 3.55. The zero-order valence-electron chi connectivity index (χ0n) is 15.4. The van der Waals surface area contributed by atoms with Crippen LogP contribution in [0.25, 0.3) is 5.65 Å². The van der Waals surface area contributed by atoms with Gasteiger partial charge in [-0.05, 0) is 32.4 Å². The van der Waals surface area contributed by atoms with Gasteiger partial charge in [0.15, 0.2) is 5.65 Å². The largest absolute Gasteiger partial charge is 0.368 e. The number of primary amides is 1. The lowest BCUT2D eigenvalue weighted by atomic mass is 10.0. The quantitative estimate of drug-likeness (QED) is 0.832. The molecule has 0 aromatic carbocycles. The van der Waals surface area contributed by atoms with E-state index in [0.29, 0.717) is 24.2 Å². The number of fused-ring (bicyclic) bond motifs is 1. The summed E-state index contributed by atoms with van der Waals surface area (Å²) in [6, 6.07) is -0.548. The van der Waals surface area contributed by atoms with Crippen LogP contribution in [0.3, 0.4) is 0 Å². The van der Waals surface area contributed by atoms with Crippen molar-refractivity contribution in [3.63, 3.8) is 0 Å². The van der Waals surface area contributed by atoms with Gasteiger partial charge in [-0.25, -0.2) is 9.50 Å². The van der Waals surface area contributed by atoms with Gasteiger partial charge in [0.1, 0.15) is 11.6 Å². The van der Waals surface area contributed by atoms with E-state index in [1.165, 1.54) is 6.20 Å². The van der Waals surface area contributed by atoms with Crippen LogP contribution in [0, 0.1) is 0 Å². The van der Waals surface area contributed by atoms with Gasteiger partial charge in [0, 0.05) is 31.0 Å². The predicted octanol–water partition coefficient (Wildman–Crippen LogP) is 1.05. The Bertz CT molecular complexity index is 798. The van der Waals surface area contributed by atoms with Gasteiger partial charge in [0.2, 0.25) is 5.91 Å². The summed E-state index contributed by atoms with van der Waals surface area (Å²) in [5, 5.41) is 4.30. The molecule has 8 heteroatoms. The number of hydrogen-bond donors (Lipinski definition) is 1. The number of nitrogens with zero attached hydrogens (tertiary/aromatic N) is 5. The molecule has 2 aromatic rings. The predicted molar refractivity (Wildman–Crippen MR) is 97.5 cm³/mol. The maximum Gasteiger partial charge on any atom is 0.260 e. The third-order valence-corrected chi connectivity index (χ3v) is 5.03. The highest BCUT2D eigenvalue weighted by Gasteiger charge is 2.32. The van der Waals surface area contributed by atoms with Crippen molar-refractivity contribution in [2.45, 2.75) is 45.7 Å². The number of piperidine rings is 1. The van der Waals surface area contributed by atoms with E-state index in [4.69, 9.17) is 5.73 Å². The first-order valence-electron chi connectivity index (χ1n) is 9.20. The lowest BCUT2D eigenvalue weighted by molar-refractivity contribution is -0.123. The molecular weight excluding hydrogens is 332 g/mol. The monoisotopic (exact) mass is 358 g/mol. The van der Waals surface area contributed by atoms with Crippen LogP contribution in [0.1, 0.15) is 49.0 Å². The molecule has 1 fully saturated rings. The van der Waals surface area contributed by atoms with Crippen LogP contribution in [0.15, 0.2) is 18.6 Å². The zero-order chi connectivity index (χ0) is 18.7. The molecule has 1 saturated heterocycles. The third-order valence-electron chi connectivity index (χ3n) is 5.03. The summed E-state index contributed by atoms with van der Waals surface area (Å²) in [5.74, 6) is -0.684. The van der Waals surface area contributed by atoms with Crippen molar-refractivity contribution >= 4 is 17.5 Å². The average molecular weight is 358 g/mol. The van der Waals surface area contributed by atoms with Gasteiger partial charge in [0.25, 0.3) is 5.91 Å². The number of likely N-dealkylation sites (tertiary alicyclic amines) is 1. The van der Waals surface area contributed by atoms with Crippen molar-refractivity contribution in [1.29, 1.82) is 0 Å². The molecule has 0 saturated carbocycles. The van der Waals surface area contributed by atoms with Crippen LogP contribution in [0.2, 0.25) is 0 Å². The molecule has 1 aliphatic heterocycles. The van der Waals surface area contributed by atoms with Crippen LogP contribution in [0.5, 0.6) is 0 Å². The number of hydrogen-bond acceptors (Lipinski definition) is 5. The molecule has 1 aliphatic rings. The summed E-state index contributed by atoms with van der Waals surface area (Å²) < 4.78 is 1.63. The van der Waals surface area contributed by atoms with Crippen LogP contribution in [0.4, 0.5) is 0 Å². The first kappa shape index (κ1) is 18.3. The molecule has 0 radical (unpaired) electrons. The molecule has 8 nitrogen and oxygen atoms in total. The SMILES string of the molecule is CCN(CC)Cc1cnc2c(C(=O)N3CCCC[C@@H]3C(N)=O)cnn2c1. The summed E-state index contributed by atoms with van der Waals surface area (Å²) >= 11 is 0. The molecule has 3 rings (SSSR count). The highest BCUT2D eigenvalue weighted by molar-refractivity contribution is 6.01. The van der Waals surface area contributed by atoms with Crippen molar-refractivity contribution in [2.75, 3.05) is 19.6 Å². The fraction of sp³-hybridized carbons (Fsp3) is 0.556. The molecular formula is C18H26N6O2. The van der Waals surface area contributed by atoms with E-state index in [0.717, 1.165) is 38.0 Å². The number of amides is 2. The van der Waals surface area contributed by atoms with Gasteiger partial charge in [-0.15, -0.1) is 0 Å². The van der Waals surface area contributed by atoms with Crippen LogP contribution in [-0.4, -0.2) is 61.9 Å². The van der Waals surface area contributed by atoms with Crippen molar-refractivity contribution in [3.8, 4) is 0 Å². The van der Waals surface area contributed by atoms with Crippen molar-refractivity contribution in [3.05, 3.63) is 29.7 Å². The zero-order valence-corrected chi connectivity index (χ0v) is 15.4. The number of carbonyl (C=O) groups is 2. The van der Waals surface area contributed by atoms with E-state index in [9.17, 15) is 9.59 Å². The first-order chi connectivity index (χ1) is 12.5. The Morgan fingerprint density at radius 2 is 2.04 bits per heavy atom. The second kappa shape index (κ2) is 7.82. The summed E-state index contributed by atoms with van der Waals surface area (Å²) in [6.07, 6.45) is 7.60. The molecule has 2 amide bonds. The van der Waals surface area contributed by atoms with E-state index in [1.54, 1.807) is 15.6 Å². The topological polar surface area (TPSA) is 96.8 Å². The minimum absolute atomic E-state index is 0.229. The molecule has 2 aromatic heterocycles. The molecule has 2 N–H and O–H groups in total. The Balaban J connectivity index is 1.86. The Morgan fingerprint density at radius 3 is 2.73 bits per heavy atom. The highest BCUT2D eigenvalue weighted by Crippen LogP contribution is 2.21. The molecule has 140 valence electrons. The normalized spacial score (nSPS) is 17.8. The lowest BCUT2D eigenvalue weighted by Crippen LogP contribution is -2.50. The molecule has 1 atom stereocenters. The fourth-order valence-corrected chi connectivity index (χ4v) is 3.48. The maximum absolute atomic E-state index is 13.0. The minimum Gasteiger partial charge on any atom is -0.368 e. The number of aromatic nitrogens is 3. The Morgan fingerprint density at radius 1 is 1.27 bits per heavy atom. The van der Waals surface area contributed by atoms with Gasteiger partial charge in [0.05, 0.1) is 6.20 Å². The minimum atomic E-state index is -0.548. The Hall–Kier alpha value is -2.48. The fourth-order valence-electron chi connectivity index (χ4n) is 3.48. The average Bonchev–Trinajstić information content (AvgIpc) is 3.08. The van der Waals surface area contributed by atoms with Crippen molar-refractivity contribution in [2.24, 2.45) is 5.73 Å². The van der Waals surface area contributed by atoms with Crippen LogP contribution < -0.4 is 5.73 Å².